The van der Waals surface area contributed by atoms with Crippen molar-refractivity contribution in [3.8, 4) is 0 Å². The van der Waals surface area contributed by atoms with E-state index in [1.54, 1.807) is 21.1 Å². The van der Waals surface area contributed by atoms with Crippen molar-refractivity contribution in [2.75, 3.05) is 44.5 Å². The van der Waals surface area contributed by atoms with Gasteiger partial charge in [0.15, 0.2) is 0 Å². The van der Waals surface area contributed by atoms with E-state index >= 15 is 0 Å². The first-order valence-electron chi connectivity index (χ1n) is 6.55. The van der Waals surface area contributed by atoms with E-state index in [1.165, 1.54) is 0 Å². The number of nitrogens with zero attached hydrogens (tertiary/aromatic N) is 3. The monoisotopic (exact) mass is 299 g/mol. The molecule has 0 aliphatic carbocycles. The number of hydrogen-bond acceptors (Lipinski definition) is 8. The predicted octanol–water partition coefficient (Wildman–Crippen LogP) is 1.20. The number of hydrogen-bond donors (Lipinski definition) is 2. The van der Waals surface area contributed by atoms with Crippen LogP contribution in [0, 0.1) is 17.0 Å². The molecule has 9 nitrogen and oxygen atoms in total. The minimum atomic E-state index is -0.495. The molecule has 1 aromatic rings. The quantitative estimate of drug-likeness (QED) is 0.517. The summed E-state index contributed by atoms with van der Waals surface area (Å²) in [7, 11) is 3.11. The summed E-state index contributed by atoms with van der Waals surface area (Å²) >= 11 is 0. The van der Waals surface area contributed by atoms with Crippen molar-refractivity contribution in [1.82, 2.24) is 9.97 Å². The highest BCUT2D eigenvalue weighted by molar-refractivity contribution is 5.60. The standard InChI is InChI=1S/C12H21N5O4/c1-5-13-12-15-8(2)10(17(18)19)11(16-12)14-6-9(21-4)7-20-3/h9H,5-7H2,1-4H3,(H2,13,14,15,16). The van der Waals surface area contributed by atoms with E-state index in [9.17, 15) is 10.1 Å². The van der Waals surface area contributed by atoms with Crippen LogP contribution in [0.1, 0.15) is 12.6 Å². The Labute approximate surface area is 123 Å². The highest BCUT2D eigenvalue weighted by atomic mass is 16.6. The Balaban J connectivity index is 2.98. The van der Waals surface area contributed by atoms with Crippen molar-refractivity contribution < 1.29 is 14.4 Å². The third kappa shape index (κ3) is 4.80. The van der Waals surface area contributed by atoms with Gasteiger partial charge >= 0.3 is 5.69 Å². The first-order valence-corrected chi connectivity index (χ1v) is 6.55. The van der Waals surface area contributed by atoms with Gasteiger partial charge in [0.1, 0.15) is 5.69 Å². The van der Waals surface area contributed by atoms with E-state index in [0.29, 0.717) is 31.3 Å². The Morgan fingerprint density at radius 3 is 2.57 bits per heavy atom. The number of methoxy groups -OCH3 is 2. The minimum absolute atomic E-state index is 0.135. The van der Waals surface area contributed by atoms with E-state index in [-0.39, 0.29) is 17.6 Å². The number of anilines is 2. The Bertz CT molecular complexity index is 483. The molecule has 2 N–H and O–H groups in total. The summed E-state index contributed by atoms with van der Waals surface area (Å²) in [6.07, 6.45) is -0.229. The molecule has 1 aromatic heterocycles. The fourth-order valence-corrected chi connectivity index (χ4v) is 1.75. The average molecular weight is 299 g/mol. The van der Waals surface area contributed by atoms with E-state index in [1.807, 2.05) is 6.92 Å². The number of rotatable bonds is 9. The Morgan fingerprint density at radius 2 is 2.05 bits per heavy atom. The van der Waals surface area contributed by atoms with Gasteiger partial charge in [0.2, 0.25) is 11.8 Å². The van der Waals surface area contributed by atoms with Crippen LogP contribution in [-0.4, -0.2) is 54.9 Å². The van der Waals surface area contributed by atoms with Gasteiger partial charge in [-0.2, -0.15) is 4.98 Å². The SMILES string of the molecule is CCNc1nc(C)c([N+](=O)[O-])c(NCC(COC)OC)n1. The lowest BCUT2D eigenvalue weighted by molar-refractivity contribution is -0.385. The lowest BCUT2D eigenvalue weighted by Crippen LogP contribution is -2.27. The number of aryl methyl sites for hydroxylation is 1. The van der Waals surface area contributed by atoms with Crippen molar-refractivity contribution >= 4 is 17.5 Å². The van der Waals surface area contributed by atoms with E-state index in [4.69, 9.17) is 9.47 Å². The van der Waals surface area contributed by atoms with Gasteiger partial charge in [-0.15, -0.1) is 0 Å². The zero-order valence-electron chi connectivity index (χ0n) is 12.7. The van der Waals surface area contributed by atoms with Crippen LogP contribution in [-0.2, 0) is 9.47 Å². The van der Waals surface area contributed by atoms with Gasteiger partial charge in [0, 0.05) is 27.3 Å². The molecule has 0 saturated heterocycles. The molecule has 9 heteroatoms. The molecule has 0 radical (unpaired) electrons. The zero-order valence-corrected chi connectivity index (χ0v) is 12.7. The predicted molar refractivity (Wildman–Crippen MR) is 78.7 cm³/mol. The van der Waals surface area contributed by atoms with Gasteiger partial charge in [0.25, 0.3) is 0 Å². The molecule has 0 bridgehead atoms. The summed E-state index contributed by atoms with van der Waals surface area (Å²) in [5, 5.41) is 17.0. The van der Waals surface area contributed by atoms with Gasteiger partial charge in [-0.25, -0.2) is 4.98 Å². The summed E-state index contributed by atoms with van der Waals surface area (Å²) < 4.78 is 10.2. The highest BCUT2D eigenvalue weighted by Crippen LogP contribution is 2.26. The third-order valence-electron chi connectivity index (χ3n) is 2.76. The van der Waals surface area contributed by atoms with E-state index in [2.05, 4.69) is 20.6 Å². The smallest absolute Gasteiger partial charge is 0.332 e. The van der Waals surface area contributed by atoms with Crippen molar-refractivity contribution in [3.63, 3.8) is 0 Å². The third-order valence-corrected chi connectivity index (χ3v) is 2.76. The van der Waals surface area contributed by atoms with Crippen molar-refractivity contribution in [1.29, 1.82) is 0 Å². The maximum Gasteiger partial charge on any atom is 0.332 e. The molecule has 1 rings (SSSR count). The van der Waals surface area contributed by atoms with Crippen molar-refractivity contribution in [3.05, 3.63) is 15.8 Å². The first kappa shape index (κ1) is 17.1. The number of ether oxygens (including phenoxy) is 2. The fraction of sp³-hybridized carbons (Fsp3) is 0.667. The molecule has 0 saturated carbocycles. The van der Waals surface area contributed by atoms with Crippen LogP contribution in [0.25, 0.3) is 0 Å². The van der Waals surface area contributed by atoms with Crippen LogP contribution in [0.4, 0.5) is 17.5 Å². The van der Waals surface area contributed by atoms with E-state index in [0.717, 1.165) is 0 Å². The van der Waals surface area contributed by atoms with Crippen molar-refractivity contribution in [2.24, 2.45) is 0 Å². The molecule has 0 fully saturated rings. The van der Waals surface area contributed by atoms with Crippen LogP contribution in [0.15, 0.2) is 0 Å². The molecule has 118 valence electrons. The molecule has 0 spiro atoms. The summed E-state index contributed by atoms with van der Waals surface area (Å²) in [5.41, 5.74) is 0.165. The summed E-state index contributed by atoms with van der Waals surface area (Å²) in [4.78, 5) is 18.9. The second-order valence-corrected chi connectivity index (χ2v) is 4.31. The fourth-order valence-electron chi connectivity index (χ4n) is 1.75. The lowest BCUT2D eigenvalue weighted by Gasteiger charge is -2.16. The maximum atomic E-state index is 11.2. The van der Waals surface area contributed by atoms with E-state index < -0.39 is 4.92 Å². The molecule has 1 heterocycles. The zero-order chi connectivity index (χ0) is 15.8. The second kappa shape index (κ2) is 8.32. The molecule has 21 heavy (non-hydrogen) atoms. The largest absolute Gasteiger partial charge is 0.382 e. The molecule has 1 unspecified atom stereocenters. The number of aromatic nitrogens is 2. The Morgan fingerprint density at radius 1 is 1.33 bits per heavy atom. The Hall–Kier alpha value is -2.00. The molecule has 0 aliphatic heterocycles. The maximum absolute atomic E-state index is 11.2. The average Bonchev–Trinajstić information content (AvgIpc) is 2.42. The van der Waals surface area contributed by atoms with Gasteiger partial charge in [-0.3, -0.25) is 10.1 Å². The topological polar surface area (TPSA) is 111 Å². The number of nitrogens with one attached hydrogen (secondary N) is 2. The summed E-state index contributed by atoms with van der Waals surface area (Å²) in [5.74, 6) is 0.519. The lowest BCUT2D eigenvalue weighted by atomic mass is 10.3. The van der Waals surface area contributed by atoms with Gasteiger partial charge in [0.05, 0.1) is 17.6 Å². The normalized spacial score (nSPS) is 12.0. The first-order chi connectivity index (χ1) is 10.0. The molecule has 0 aliphatic rings. The van der Waals surface area contributed by atoms with Gasteiger partial charge in [-0.05, 0) is 13.8 Å². The molecule has 1 atom stereocenters. The number of nitro groups is 1. The Kier molecular flexibility index (Phi) is 6.76. The van der Waals surface area contributed by atoms with Gasteiger partial charge in [-0.1, -0.05) is 0 Å². The van der Waals surface area contributed by atoms with Crippen LogP contribution < -0.4 is 10.6 Å². The van der Waals surface area contributed by atoms with Crippen LogP contribution in [0.5, 0.6) is 0 Å². The second-order valence-electron chi connectivity index (χ2n) is 4.31. The van der Waals surface area contributed by atoms with Gasteiger partial charge < -0.3 is 20.1 Å². The van der Waals surface area contributed by atoms with Crippen LogP contribution in [0.3, 0.4) is 0 Å². The molecular weight excluding hydrogens is 278 g/mol. The summed E-state index contributed by atoms with van der Waals surface area (Å²) in [6.45, 7) is 4.82. The minimum Gasteiger partial charge on any atom is -0.382 e. The molecule has 0 aromatic carbocycles. The highest BCUT2D eigenvalue weighted by Gasteiger charge is 2.22. The molecule has 0 amide bonds. The van der Waals surface area contributed by atoms with Crippen molar-refractivity contribution in [2.45, 2.75) is 20.0 Å². The molecular formula is C12H21N5O4. The van der Waals surface area contributed by atoms with Crippen LogP contribution in [0.2, 0.25) is 0 Å². The summed E-state index contributed by atoms with van der Waals surface area (Å²) in [6, 6.07) is 0. The van der Waals surface area contributed by atoms with Crippen LogP contribution >= 0.6 is 0 Å².